The van der Waals surface area contributed by atoms with Crippen LogP contribution in [-0.4, -0.2) is 41.3 Å². The molecule has 0 amide bonds. The Labute approximate surface area is 131 Å². The highest BCUT2D eigenvalue weighted by molar-refractivity contribution is 7.89. The van der Waals surface area contributed by atoms with E-state index in [1.165, 1.54) is 18.9 Å². The molecule has 0 saturated carbocycles. The summed E-state index contributed by atoms with van der Waals surface area (Å²) < 4.78 is 38.2. The van der Waals surface area contributed by atoms with Gasteiger partial charge in [-0.05, 0) is 50.4 Å². The molecule has 7 heteroatoms. The maximum absolute atomic E-state index is 12.3. The first kappa shape index (κ1) is 15.6. The number of piperidine rings is 1. The molecule has 22 heavy (non-hydrogen) atoms. The number of hydrogen-bond acceptors (Lipinski definition) is 5. The number of fused-ring (bicyclic) bond motifs is 1. The van der Waals surface area contributed by atoms with Gasteiger partial charge in [0.2, 0.25) is 10.0 Å². The molecule has 0 radical (unpaired) electrons. The molecule has 1 aromatic rings. The summed E-state index contributed by atoms with van der Waals surface area (Å²) in [6.45, 7) is 3.44. The molecular weight excluding hydrogens is 304 g/mol. The van der Waals surface area contributed by atoms with Crippen molar-refractivity contribution in [1.29, 1.82) is 0 Å². The molecule has 1 atom stereocenters. The van der Waals surface area contributed by atoms with Crippen molar-refractivity contribution in [2.75, 3.05) is 32.8 Å². The molecule has 0 spiro atoms. The topological polar surface area (TPSA) is 76.7 Å². The number of sulfonamides is 1. The standard InChI is InChI=1S/C15H22N2O4S/c18-22(19,17-7-5-12-2-1-6-16-11-12)13-3-4-14-15(10-13)21-9-8-20-14/h3-4,10,12,16-17H,1-2,5-9,11H2. The van der Waals surface area contributed by atoms with E-state index in [0.717, 1.165) is 19.5 Å². The SMILES string of the molecule is O=S(=O)(NCCC1CCCNC1)c1ccc2c(c1)OCCO2. The molecule has 2 aliphatic heterocycles. The largest absolute Gasteiger partial charge is 0.486 e. The summed E-state index contributed by atoms with van der Waals surface area (Å²) >= 11 is 0. The maximum Gasteiger partial charge on any atom is 0.240 e. The van der Waals surface area contributed by atoms with Crippen molar-refractivity contribution in [3.63, 3.8) is 0 Å². The zero-order chi connectivity index (χ0) is 15.4. The summed E-state index contributed by atoms with van der Waals surface area (Å²) in [6, 6.07) is 4.73. The second-order valence-electron chi connectivity index (χ2n) is 5.70. The molecular formula is C15H22N2O4S. The number of hydrogen-bond donors (Lipinski definition) is 2. The van der Waals surface area contributed by atoms with Crippen LogP contribution in [0, 0.1) is 5.92 Å². The van der Waals surface area contributed by atoms with Crippen molar-refractivity contribution in [2.24, 2.45) is 5.92 Å². The van der Waals surface area contributed by atoms with Crippen molar-refractivity contribution in [3.8, 4) is 11.5 Å². The van der Waals surface area contributed by atoms with Crippen molar-refractivity contribution in [1.82, 2.24) is 10.0 Å². The molecule has 6 nitrogen and oxygen atoms in total. The van der Waals surface area contributed by atoms with Gasteiger partial charge in [-0.25, -0.2) is 13.1 Å². The predicted molar refractivity (Wildman–Crippen MR) is 82.8 cm³/mol. The normalized spacial score (nSPS) is 21.5. The van der Waals surface area contributed by atoms with E-state index < -0.39 is 10.0 Å². The molecule has 2 N–H and O–H groups in total. The Morgan fingerprint density at radius 3 is 2.82 bits per heavy atom. The van der Waals surface area contributed by atoms with Gasteiger partial charge < -0.3 is 14.8 Å². The monoisotopic (exact) mass is 326 g/mol. The summed E-state index contributed by atoms with van der Waals surface area (Å²) in [7, 11) is -3.50. The van der Waals surface area contributed by atoms with Crippen molar-refractivity contribution >= 4 is 10.0 Å². The van der Waals surface area contributed by atoms with Gasteiger partial charge in [-0.1, -0.05) is 0 Å². The zero-order valence-electron chi connectivity index (χ0n) is 12.5. The third-order valence-electron chi connectivity index (χ3n) is 4.07. The predicted octanol–water partition coefficient (Wildman–Crippen LogP) is 1.13. The van der Waals surface area contributed by atoms with Crippen molar-refractivity contribution < 1.29 is 17.9 Å². The van der Waals surface area contributed by atoms with Gasteiger partial charge in [0.1, 0.15) is 13.2 Å². The summed E-state index contributed by atoms with van der Waals surface area (Å²) in [5, 5.41) is 3.34. The van der Waals surface area contributed by atoms with Crippen LogP contribution >= 0.6 is 0 Å². The molecule has 1 saturated heterocycles. The van der Waals surface area contributed by atoms with Gasteiger partial charge >= 0.3 is 0 Å². The molecule has 1 unspecified atom stereocenters. The highest BCUT2D eigenvalue weighted by Crippen LogP contribution is 2.32. The van der Waals surface area contributed by atoms with Crippen LogP contribution in [0.25, 0.3) is 0 Å². The zero-order valence-corrected chi connectivity index (χ0v) is 13.3. The van der Waals surface area contributed by atoms with Crippen LogP contribution in [-0.2, 0) is 10.0 Å². The summed E-state index contributed by atoms with van der Waals surface area (Å²) in [5.74, 6) is 1.64. The van der Waals surface area contributed by atoms with E-state index in [4.69, 9.17) is 9.47 Å². The summed E-state index contributed by atoms with van der Waals surface area (Å²) in [6.07, 6.45) is 3.19. The summed E-state index contributed by atoms with van der Waals surface area (Å²) in [4.78, 5) is 0.221. The smallest absolute Gasteiger partial charge is 0.240 e. The molecule has 0 aromatic heterocycles. The Hall–Kier alpha value is -1.31. The minimum atomic E-state index is -3.50. The van der Waals surface area contributed by atoms with E-state index in [2.05, 4.69) is 10.0 Å². The van der Waals surface area contributed by atoms with Crippen LogP contribution in [0.3, 0.4) is 0 Å². The lowest BCUT2D eigenvalue weighted by atomic mass is 9.96. The van der Waals surface area contributed by atoms with Crippen LogP contribution in [0.1, 0.15) is 19.3 Å². The molecule has 1 aromatic carbocycles. The van der Waals surface area contributed by atoms with Gasteiger partial charge in [0.15, 0.2) is 11.5 Å². The average Bonchev–Trinajstić information content (AvgIpc) is 2.55. The number of ether oxygens (including phenoxy) is 2. The maximum atomic E-state index is 12.3. The van der Waals surface area contributed by atoms with Gasteiger partial charge in [0.05, 0.1) is 4.90 Å². The van der Waals surface area contributed by atoms with Crippen LogP contribution in [0.2, 0.25) is 0 Å². The van der Waals surface area contributed by atoms with Crippen LogP contribution in [0.4, 0.5) is 0 Å². The van der Waals surface area contributed by atoms with Gasteiger partial charge in [-0.15, -0.1) is 0 Å². The van der Waals surface area contributed by atoms with Gasteiger partial charge in [-0.2, -0.15) is 0 Å². The molecule has 2 aliphatic rings. The lowest BCUT2D eigenvalue weighted by molar-refractivity contribution is 0.171. The second kappa shape index (κ2) is 6.85. The minimum absolute atomic E-state index is 0.221. The Balaban J connectivity index is 1.60. The quantitative estimate of drug-likeness (QED) is 0.848. The van der Waals surface area contributed by atoms with Crippen LogP contribution in [0.15, 0.2) is 23.1 Å². The first-order valence-corrected chi connectivity index (χ1v) is 9.23. The molecule has 0 bridgehead atoms. The molecule has 0 aliphatic carbocycles. The average molecular weight is 326 g/mol. The first-order valence-electron chi connectivity index (χ1n) is 7.75. The van der Waals surface area contributed by atoms with Gasteiger partial charge in [-0.3, -0.25) is 0 Å². The fourth-order valence-electron chi connectivity index (χ4n) is 2.84. The Morgan fingerprint density at radius 2 is 2.05 bits per heavy atom. The lowest BCUT2D eigenvalue weighted by Gasteiger charge is -2.22. The Morgan fingerprint density at radius 1 is 1.23 bits per heavy atom. The highest BCUT2D eigenvalue weighted by Gasteiger charge is 2.20. The van der Waals surface area contributed by atoms with Crippen molar-refractivity contribution in [2.45, 2.75) is 24.2 Å². The third-order valence-corrected chi connectivity index (χ3v) is 5.53. The third kappa shape index (κ3) is 3.71. The molecule has 3 rings (SSSR count). The lowest BCUT2D eigenvalue weighted by Crippen LogP contribution is -2.33. The summed E-state index contributed by atoms with van der Waals surface area (Å²) in [5.41, 5.74) is 0. The minimum Gasteiger partial charge on any atom is -0.486 e. The van der Waals surface area contributed by atoms with E-state index in [1.807, 2.05) is 0 Å². The second-order valence-corrected chi connectivity index (χ2v) is 7.47. The first-order chi connectivity index (χ1) is 10.6. The van der Waals surface area contributed by atoms with Gasteiger partial charge in [0, 0.05) is 12.6 Å². The van der Waals surface area contributed by atoms with E-state index in [0.29, 0.717) is 37.2 Å². The van der Waals surface area contributed by atoms with Crippen LogP contribution in [0.5, 0.6) is 11.5 Å². The molecule has 2 heterocycles. The van der Waals surface area contributed by atoms with Crippen LogP contribution < -0.4 is 19.5 Å². The van der Waals surface area contributed by atoms with Gasteiger partial charge in [0.25, 0.3) is 0 Å². The highest BCUT2D eigenvalue weighted by atomic mass is 32.2. The Bertz CT molecular complexity index is 612. The number of nitrogens with one attached hydrogen (secondary N) is 2. The van der Waals surface area contributed by atoms with E-state index >= 15 is 0 Å². The number of rotatable bonds is 5. The fourth-order valence-corrected chi connectivity index (χ4v) is 3.90. The van der Waals surface area contributed by atoms with E-state index in [9.17, 15) is 8.42 Å². The van der Waals surface area contributed by atoms with Crippen molar-refractivity contribution in [3.05, 3.63) is 18.2 Å². The molecule has 122 valence electrons. The Kier molecular flexibility index (Phi) is 4.85. The van der Waals surface area contributed by atoms with E-state index in [1.54, 1.807) is 12.1 Å². The molecule has 1 fully saturated rings. The number of benzene rings is 1. The van der Waals surface area contributed by atoms with E-state index in [-0.39, 0.29) is 4.90 Å². The fraction of sp³-hybridized carbons (Fsp3) is 0.600.